The number of fused-ring (bicyclic) bond motifs is 5. The van der Waals surface area contributed by atoms with Crippen LogP contribution in [0, 0.1) is 25.7 Å². The van der Waals surface area contributed by atoms with Gasteiger partial charge in [-0.3, -0.25) is 0 Å². The van der Waals surface area contributed by atoms with E-state index < -0.39 is 0 Å². The third-order valence-corrected chi connectivity index (χ3v) is 9.03. The van der Waals surface area contributed by atoms with Crippen LogP contribution in [0.15, 0.2) is 48.7 Å². The SMILES string of the molecule is Cc1cc2c3ccc(CC(C)C)cc3n3c4cc(CC5CCCC5)cc5cc[n+](C)c(c(c1C)c23)c54. The first-order valence-corrected chi connectivity index (χ1v) is 13.9. The number of aryl methyl sites for hydroxylation is 3. The number of hydrogen-bond acceptors (Lipinski definition) is 0. The zero-order chi connectivity index (χ0) is 24.7. The average molecular weight is 474 g/mol. The molecule has 0 saturated heterocycles. The molecule has 1 fully saturated rings. The lowest BCUT2D eigenvalue weighted by Gasteiger charge is -2.16. The van der Waals surface area contributed by atoms with Gasteiger partial charge in [-0.15, -0.1) is 0 Å². The summed E-state index contributed by atoms with van der Waals surface area (Å²) in [6.07, 6.45) is 10.2. The zero-order valence-electron chi connectivity index (χ0n) is 22.4. The summed E-state index contributed by atoms with van der Waals surface area (Å²) in [7, 11) is 2.22. The van der Waals surface area contributed by atoms with Crippen molar-refractivity contribution in [1.29, 1.82) is 0 Å². The molecule has 0 aliphatic heterocycles. The molecule has 1 saturated carbocycles. The van der Waals surface area contributed by atoms with Gasteiger partial charge in [-0.2, -0.15) is 0 Å². The molecule has 0 radical (unpaired) electrons. The Balaban J connectivity index is 1.69. The highest BCUT2D eigenvalue weighted by Gasteiger charge is 2.26. The summed E-state index contributed by atoms with van der Waals surface area (Å²) in [5.41, 5.74) is 11.2. The van der Waals surface area contributed by atoms with E-state index in [1.807, 2.05) is 0 Å². The van der Waals surface area contributed by atoms with Gasteiger partial charge in [-0.1, -0.05) is 57.7 Å². The Labute approximate surface area is 213 Å². The second-order valence-corrected chi connectivity index (χ2v) is 12.1. The lowest BCUT2D eigenvalue weighted by Crippen LogP contribution is -2.29. The Kier molecular flexibility index (Phi) is 4.87. The fourth-order valence-corrected chi connectivity index (χ4v) is 7.27. The maximum atomic E-state index is 2.63. The van der Waals surface area contributed by atoms with E-state index in [2.05, 4.69) is 92.4 Å². The Bertz CT molecular complexity index is 1790. The molecule has 0 bridgehead atoms. The molecule has 3 aromatic heterocycles. The van der Waals surface area contributed by atoms with E-state index in [1.165, 1.54) is 103 Å². The molecule has 7 rings (SSSR count). The van der Waals surface area contributed by atoms with Crippen LogP contribution >= 0.6 is 0 Å². The summed E-state index contributed by atoms with van der Waals surface area (Å²) in [6, 6.07) is 17.0. The highest BCUT2D eigenvalue weighted by Crippen LogP contribution is 2.42. The van der Waals surface area contributed by atoms with Crippen LogP contribution in [0.4, 0.5) is 0 Å². The van der Waals surface area contributed by atoms with Crippen molar-refractivity contribution >= 4 is 49.0 Å². The Morgan fingerprint density at radius 1 is 0.889 bits per heavy atom. The molecular formula is C34H37N2+. The highest BCUT2D eigenvalue weighted by atomic mass is 15.0. The zero-order valence-corrected chi connectivity index (χ0v) is 22.4. The second kappa shape index (κ2) is 7.93. The van der Waals surface area contributed by atoms with Crippen LogP contribution in [0.2, 0.25) is 0 Å². The van der Waals surface area contributed by atoms with Gasteiger partial charge in [0.25, 0.3) is 0 Å². The summed E-state index contributed by atoms with van der Waals surface area (Å²) in [6.45, 7) is 9.23. The summed E-state index contributed by atoms with van der Waals surface area (Å²) in [4.78, 5) is 0. The predicted octanol–water partition coefficient (Wildman–Crippen LogP) is 8.36. The van der Waals surface area contributed by atoms with Gasteiger partial charge in [0.05, 0.1) is 27.3 Å². The fraction of sp³-hybridized carbons (Fsp3) is 0.382. The van der Waals surface area contributed by atoms with E-state index in [4.69, 9.17) is 0 Å². The van der Waals surface area contributed by atoms with Crippen molar-refractivity contribution in [1.82, 2.24) is 4.40 Å². The molecule has 0 spiro atoms. The first kappa shape index (κ1) is 22.1. The van der Waals surface area contributed by atoms with E-state index >= 15 is 0 Å². The fourth-order valence-electron chi connectivity index (χ4n) is 7.27. The standard InChI is InChI=1S/C34H37N2/c1-20(2)14-24-10-11-27-28-15-21(3)22(4)31-33(28)36(29(27)18-24)30-19-25(16-23-8-6-7-9-23)17-26-12-13-35(5)34(31)32(26)30/h10-13,15,17-20,23H,6-9,14,16H2,1-5H3/q+1. The molecule has 2 heteroatoms. The van der Waals surface area contributed by atoms with Crippen LogP contribution in [0.3, 0.4) is 0 Å². The smallest absolute Gasteiger partial charge is 0.224 e. The Hall–Kier alpha value is -3.13. The Morgan fingerprint density at radius 2 is 1.67 bits per heavy atom. The summed E-state index contributed by atoms with van der Waals surface area (Å²) < 4.78 is 4.98. The molecule has 1 aliphatic rings. The molecule has 36 heavy (non-hydrogen) atoms. The van der Waals surface area contributed by atoms with Gasteiger partial charge in [-0.05, 0) is 84.4 Å². The first-order valence-electron chi connectivity index (χ1n) is 13.9. The number of benzene rings is 3. The maximum absolute atomic E-state index is 2.63. The van der Waals surface area contributed by atoms with Crippen molar-refractivity contribution in [2.24, 2.45) is 18.9 Å². The normalized spacial score (nSPS) is 15.3. The third kappa shape index (κ3) is 3.13. The van der Waals surface area contributed by atoms with Crippen molar-refractivity contribution in [2.45, 2.75) is 66.2 Å². The molecule has 0 N–H and O–H groups in total. The molecule has 3 heterocycles. The number of pyridine rings is 2. The molecule has 0 amide bonds. The lowest BCUT2D eigenvalue weighted by molar-refractivity contribution is -0.643. The van der Waals surface area contributed by atoms with E-state index in [0.717, 1.165) is 12.3 Å². The Morgan fingerprint density at radius 3 is 2.44 bits per heavy atom. The van der Waals surface area contributed by atoms with E-state index in [1.54, 1.807) is 0 Å². The average Bonchev–Trinajstić information content (AvgIpc) is 3.46. The van der Waals surface area contributed by atoms with Gasteiger partial charge in [-0.25, -0.2) is 4.57 Å². The molecule has 0 atom stereocenters. The minimum Gasteiger partial charge on any atom is -0.307 e. The van der Waals surface area contributed by atoms with Crippen LogP contribution in [0.5, 0.6) is 0 Å². The van der Waals surface area contributed by atoms with E-state index in [0.29, 0.717) is 5.92 Å². The summed E-state index contributed by atoms with van der Waals surface area (Å²) >= 11 is 0. The number of hydrogen-bond donors (Lipinski definition) is 0. The molecule has 3 aromatic carbocycles. The summed E-state index contributed by atoms with van der Waals surface area (Å²) in [5, 5.41) is 6.98. The van der Waals surface area contributed by atoms with Gasteiger partial charge in [0, 0.05) is 16.8 Å². The number of rotatable bonds is 4. The van der Waals surface area contributed by atoms with Crippen LogP contribution in [0.1, 0.15) is 61.8 Å². The molecule has 0 unspecified atom stereocenters. The maximum Gasteiger partial charge on any atom is 0.224 e. The van der Waals surface area contributed by atoms with Gasteiger partial charge in [0.1, 0.15) is 7.05 Å². The van der Waals surface area contributed by atoms with Crippen LogP contribution in [-0.4, -0.2) is 4.40 Å². The van der Waals surface area contributed by atoms with Crippen molar-refractivity contribution in [3.05, 3.63) is 70.9 Å². The highest BCUT2D eigenvalue weighted by molar-refractivity contribution is 6.26. The molecule has 1 aliphatic carbocycles. The van der Waals surface area contributed by atoms with Crippen molar-refractivity contribution in [2.75, 3.05) is 0 Å². The minimum absolute atomic E-state index is 0.648. The summed E-state index contributed by atoms with van der Waals surface area (Å²) in [5.74, 6) is 1.49. The largest absolute Gasteiger partial charge is 0.307 e. The molecule has 2 nitrogen and oxygen atoms in total. The van der Waals surface area contributed by atoms with Crippen LogP contribution in [0.25, 0.3) is 49.0 Å². The van der Waals surface area contributed by atoms with Crippen molar-refractivity contribution in [3.63, 3.8) is 0 Å². The van der Waals surface area contributed by atoms with Gasteiger partial charge in [0.2, 0.25) is 5.52 Å². The molecule has 6 aromatic rings. The predicted molar refractivity (Wildman–Crippen MR) is 153 cm³/mol. The van der Waals surface area contributed by atoms with E-state index in [-0.39, 0.29) is 0 Å². The first-order chi connectivity index (χ1) is 17.4. The monoisotopic (exact) mass is 473 g/mol. The third-order valence-electron chi connectivity index (χ3n) is 9.03. The van der Waals surface area contributed by atoms with Gasteiger partial charge < -0.3 is 4.40 Å². The van der Waals surface area contributed by atoms with Crippen molar-refractivity contribution < 1.29 is 4.57 Å². The topological polar surface area (TPSA) is 8.29 Å². The van der Waals surface area contributed by atoms with Gasteiger partial charge in [0.15, 0.2) is 6.20 Å². The quantitative estimate of drug-likeness (QED) is 0.138. The molecular weight excluding hydrogens is 436 g/mol. The number of aromatic nitrogens is 2. The lowest BCUT2D eigenvalue weighted by atomic mass is 9.93. The van der Waals surface area contributed by atoms with E-state index in [9.17, 15) is 0 Å². The van der Waals surface area contributed by atoms with Gasteiger partial charge >= 0.3 is 0 Å². The second-order valence-electron chi connectivity index (χ2n) is 12.1. The van der Waals surface area contributed by atoms with Crippen LogP contribution < -0.4 is 4.57 Å². The van der Waals surface area contributed by atoms with Crippen LogP contribution in [-0.2, 0) is 19.9 Å². The minimum atomic E-state index is 0.648. The number of nitrogens with zero attached hydrogens (tertiary/aromatic N) is 2. The van der Waals surface area contributed by atoms with Crippen molar-refractivity contribution in [3.8, 4) is 0 Å². The molecule has 182 valence electrons.